The second-order valence-corrected chi connectivity index (χ2v) is 7.93. The Balaban J connectivity index is 1.95. The molecule has 0 bridgehead atoms. The molecule has 0 spiro atoms. The summed E-state index contributed by atoms with van der Waals surface area (Å²) in [5, 5.41) is 0. The van der Waals surface area contributed by atoms with Crippen LogP contribution in [-0.4, -0.2) is 6.18 Å². The van der Waals surface area contributed by atoms with Crippen LogP contribution in [-0.2, 0) is 0 Å². The van der Waals surface area contributed by atoms with Gasteiger partial charge in [-0.05, 0) is 49.4 Å². The molecule has 0 nitrogen and oxygen atoms in total. The fraction of sp³-hybridized carbons (Fsp3) is 0.900. The first-order valence-corrected chi connectivity index (χ1v) is 9.71. The van der Waals surface area contributed by atoms with Gasteiger partial charge in [-0.1, -0.05) is 64.4 Å². The van der Waals surface area contributed by atoms with E-state index in [4.69, 9.17) is 0 Å². The average molecular weight is 330 g/mol. The van der Waals surface area contributed by atoms with E-state index < -0.39 is 6.18 Å². The zero-order chi connectivity index (χ0) is 16.8. The smallest absolute Gasteiger partial charge is 0.167 e. The van der Waals surface area contributed by atoms with Gasteiger partial charge in [0.2, 0.25) is 0 Å². The molecular formula is C20H33F3. The number of halogens is 3. The van der Waals surface area contributed by atoms with Crippen molar-refractivity contribution in [3.05, 3.63) is 12.2 Å². The van der Waals surface area contributed by atoms with E-state index in [0.717, 1.165) is 63.2 Å². The number of unbranched alkanes of at least 4 members (excludes halogenated alkanes) is 2. The molecule has 0 aromatic carbocycles. The van der Waals surface area contributed by atoms with Gasteiger partial charge in [0, 0.05) is 6.08 Å². The van der Waals surface area contributed by atoms with Gasteiger partial charge in [0.25, 0.3) is 0 Å². The van der Waals surface area contributed by atoms with Crippen molar-refractivity contribution >= 4 is 0 Å². The molecular weight excluding hydrogens is 297 g/mol. The quantitative estimate of drug-likeness (QED) is 0.350. The molecule has 2 aliphatic rings. The Kier molecular flexibility index (Phi) is 7.03. The van der Waals surface area contributed by atoms with Crippen molar-refractivity contribution in [1.82, 2.24) is 0 Å². The van der Waals surface area contributed by atoms with E-state index in [0.29, 0.717) is 6.08 Å². The summed E-state index contributed by atoms with van der Waals surface area (Å²) in [6.07, 6.45) is 13.1. The minimum atomic E-state index is -4.17. The Labute approximate surface area is 139 Å². The molecule has 2 aliphatic carbocycles. The Bertz CT molecular complexity index is 356. The molecule has 0 heterocycles. The Morgan fingerprint density at radius 1 is 0.913 bits per heavy atom. The molecule has 134 valence electrons. The lowest BCUT2D eigenvalue weighted by molar-refractivity contribution is -0.0809. The van der Waals surface area contributed by atoms with Crippen LogP contribution in [0.15, 0.2) is 12.2 Å². The molecule has 0 radical (unpaired) electrons. The lowest BCUT2D eigenvalue weighted by Crippen LogP contribution is -2.30. The van der Waals surface area contributed by atoms with Crippen molar-refractivity contribution < 1.29 is 13.2 Å². The van der Waals surface area contributed by atoms with Crippen LogP contribution in [0, 0.1) is 17.3 Å². The third-order valence-corrected chi connectivity index (χ3v) is 6.25. The van der Waals surface area contributed by atoms with Gasteiger partial charge in [-0.25, -0.2) is 0 Å². The molecule has 0 aromatic heterocycles. The SMILES string of the molecule is CCCCCC1(C=CC(F)(F)F)CCC(C2CCCCC2)CC1. The summed E-state index contributed by atoms with van der Waals surface area (Å²) in [7, 11) is 0. The van der Waals surface area contributed by atoms with E-state index in [2.05, 4.69) is 6.92 Å². The normalized spacial score (nSPS) is 30.9. The summed E-state index contributed by atoms with van der Waals surface area (Å²) in [6.45, 7) is 2.15. The molecule has 0 atom stereocenters. The molecule has 0 N–H and O–H groups in total. The lowest BCUT2D eigenvalue weighted by Gasteiger charge is -2.42. The topological polar surface area (TPSA) is 0 Å². The third-order valence-electron chi connectivity index (χ3n) is 6.25. The fourth-order valence-electron chi connectivity index (χ4n) is 4.79. The number of allylic oxidation sites excluding steroid dienone is 2. The standard InChI is InChI=1S/C20H33F3/c1-2-3-7-12-19(15-16-20(21,22)23)13-10-18(11-14-19)17-8-5-4-6-9-17/h15-18H,2-14H2,1H3. The maximum Gasteiger partial charge on any atom is 0.409 e. The average Bonchev–Trinajstić information content (AvgIpc) is 2.54. The van der Waals surface area contributed by atoms with Crippen molar-refractivity contribution in [3.63, 3.8) is 0 Å². The number of rotatable bonds is 6. The highest BCUT2D eigenvalue weighted by Crippen LogP contribution is 2.48. The first-order chi connectivity index (χ1) is 10.9. The van der Waals surface area contributed by atoms with Gasteiger partial charge < -0.3 is 0 Å². The van der Waals surface area contributed by atoms with E-state index in [1.807, 2.05) is 0 Å². The molecule has 2 rings (SSSR count). The van der Waals surface area contributed by atoms with Gasteiger partial charge in [-0.2, -0.15) is 13.2 Å². The van der Waals surface area contributed by atoms with Crippen LogP contribution in [0.2, 0.25) is 0 Å². The van der Waals surface area contributed by atoms with Gasteiger partial charge in [0.05, 0.1) is 0 Å². The summed E-state index contributed by atoms with van der Waals surface area (Å²) >= 11 is 0. The van der Waals surface area contributed by atoms with E-state index in [-0.39, 0.29) is 5.41 Å². The second kappa shape index (κ2) is 8.58. The molecule has 23 heavy (non-hydrogen) atoms. The number of hydrogen-bond acceptors (Lipinski definition) is 0. The predicted molar refractivity (Wildman–Crippen MR) is 90.3 cm³/mol. The van der Waals surface area contributed by atoms with Crippen LogP contribution in [0.5, 0.6) is 0 Å². The van der Waals surface area contributed by atoms with Crippen molar-refractivity contribution in [1.29, 1.82) is 0 Å². The van der Waals surface area contributed by atoms with Gasteiger partial charge in [-0.15, -0.1) is 0 Å². The highest BCUT2D eigenvalue weighted by Gasteiger charge is 2.37. The highest BCUT2D eigenvalue weighted by molar-refractivity contribution is 5.05. The van der Waals surface area contributed by atoms with E-state index in [1.54, 1.807) is 0 Å². The molecule has 2 fully saturated rings. The van der Waals surface area contributed by atoms with Gasteiger partial charge >= 0.3 is 6.18 Å². The van der Waals surface area contributed by atoms with Crippen LogP contribution in [0.3, 0.4) is 0 Å². The maximum absolute atomic E-state index is 12.6. The van der Waals surface area contributed by atoms with Gasteiger partial charge in [0.15, 0.2) is 0 Å². The van der Waals surface area contributed by atoms with Crippen LogP contribution < -0.4 is 0 Å². The zero-order valence-electron chi connectivity index (χ0n) is 14.6. The maximum atomic E-state index is 12.6. The fourth-order valence-corrected chi connectivity index (χ4v) is 4.79. The molecule has 0 aromatic rings. The molecule has 0 saturated heterocycles. The van der Waals surface area contributed by atoms with E-state index in [1.165, 1.54) is 38.2 Å². The van der Waals surface area contributed by atoms with Crippen LogP contribution in [0.25, 0.3) is 0 Å². The molecule has 2 saturated carbocycles. The first-order valence-electron chi connectivity index (χ1n) is 9.71. The largest absolute Gasteiger partial charge is 0.409 e. The Morgan fingerprint density at radius 3 is 2.09 bits per heavy atom. The van der Waals surface area contributed by atoms with Crippen LogP contribution in [0.4, 0.5) is 13.2 Å². The van der Waals surface area contributed by atoms with E-state index >= 15 is 0 Å². The zero-order valence-corrected chi connectivity index (χ0v) is 14.6. The summed E-state index contributed by atoms with van der Waals surface area (Å²) in [5.41, 5.74) is -0.185. The second-order valence-electron chi connectivity index (χ2n) is 7.93. The molecule has 0 unspecified atom stereocenters. The number of alkyl halides is 3. The van der Waals surface area contributed by atoms with Crippen LogP contribution in [0.1, 0.15) is 90.4 Å². The third kappa shape index (κ3) is 6.15. The van der Waals surface area contributed by atoms with E-state index in [9.17, 15) is 13.2 Å². The Morgan fingerprint density at radius 2 is 1.52 bits per heavy atom. The van der Waals surface area contributed by atoms with Crippen molar-refractivity contribution in [2.24, 2.45) is 17.3 Å². The van der Waals surface area contributed by atoms with Crippen molar-refractivity contribution in [3.8, 4) is 0 Å². The molecule has 3 heteroatoms. The van der Waals surface area contributed by atoms with Crippen molar-refractivity contribution in [2.45, 2.75) is 96.6 Å². The number of hydrogen-bond donors (Lipinski definition) is 0. The minimum Gasteiger partial charge on any atom is -0.167 e. The highest BCUT2D eigenvalue weighted by atomic mass is 19.4. The first kappa shape index (κ1) is 18.9. The van der Waals surface area contributed by atoms with Gasteiger partial charge in [-0.3, -0.25) is 0 Å². The molecule has 0 aliphatic heterocycles. The summed E-state index contributed by atoms with van der Waals surface area (Å²) in [5.74, 6) is 1.62. The monoisotopic (exact) mass is 330 g/mol. The summed E-state index contributed by atoms with van der Waals surface area (Å²) in [4.78, 5) is 0. The predicted octanol–water partition coefficient (Wildman–Crippen LogP) is 7.44. The summed E-state index contributed by atoms with van der Waals surface area (Å²) < 4.78 is 37.9. The minimum absolute atomic E-state index is 0.185. The van der Waals surface area contributed by atoms with Crippen LogP contribution >= 0.6 is 0 Å². The van der Waals surface area contributed by atoms with Gasteiger partial charge in [0.1, 0.15) is 0 Å². The van der Waals surface area contributed by atoms with Crippen molar-refractivity contribution in [2.75, 3.05) is 0 Å². The molecule has 0 amide bonds. The lowest BCUT2D eigenvalue weighted by atomic mass is 9.63. The summed E-state index contributed by atoms with van der Waals surface area (Å²) in [6, 6.07) is 0. The Hall–Kier alpha value is -0.470.